The van der Waals surface area contributed by atoms with E-state index in [1.54, 1.807) is 0 Å². The minimum Gasteiger partial charge on any atom is -0.389 e. The highest BCUT2D eigenvalue weighted by atomic mass is 33.1. The van der Waals surface area contributed by atoms with Crippen molar-refractivity contribution >= 4 is 81.1 Å². The molecule has 2 bridgehead atoms. The second-order valence-corrected chi connectivity index (χ2v) is 43.9. The van der Waals surface area contributed by atoms with E-state index in [0.29, 0.717) is 5.92 Å². The van der Waals surface area contributed by atoms with Gasteiger partial charge in [0, 0.05) is 12.4 Å². The lowest BCUT2D eigenvalue weighted by atomic mass is 9.52. The standard InChI is InChI=1S/C17H38O2P10/c1-11-5-6-13-10-17(18)12(2)9-14(7-8-16(11,17)15(13,3)4)19-26(27(21)22)29(25-20)28(23)24/h5,12-14,18,25H,6-10,20-24H2,1-4H3/t12?,13?,14-,16?,17-,26?,29?/m0/s1. The fourth-order valence-electron chi connectivity index (χ4n) is 6.50. The molecule has 12 heteroatoms. The Morgan fingerprint density at radius 2 is 1.86 bits per heavy atom. The van der Waals surface area contributed by atoms with Gasteiger partial charge in [-0.15, -0.1) is 44.6 Å². The molecule has 2 nitrogen and oxygen atoms in total. The second-order valence-electron chi connectivity index (χ2n) is 9.41. The Labute approximate surface area is 195 Å². The molecule has 0 amide bonds. The molecule has 2 saturated carbocycles. The van der Waals surface area contributed by atoms with Crippen LogP contribution in [-0.4, -0.2) is 16.8 Å². The summed E-state index contributed by atoms with van der Waals surface area (Å²) in [6.07, 6.45) is 7.97. The maximum Gasteiger partial charge on any atom is 0.0943 e. The maximum atomic E-state index is 12.2. The average molecular weight is 584 g/mol. The molecule has 3 rings (SSSR count). The van der Waals surface area contributed by atoms with Crippen LogP contribution >= 0.6 is 81.1 Å². The van der Waals surface area contributed by atoms with Crippen molar-refractivity contribution in [3.05, 3.63) is 11.6 Å². The first-order chi connectivity index (χ1) is 13.4. The number of rotatable bonds is 6. The zero-order valence-electron chi connectivity index (χ0n) is 17.9. The first kappa shape index (κ1) is 27.5. The smallest absolute Gasteiger partial charge is 0.0943 e. The van der Waals surface area contributed by atoms with Crippen molar-refractivity contribution in [2.75, 3.05) is 0 Å². The monoisotopic (exact) mass is 584 g/mol. The van der Waals surface area contributed by atoms with E-state index in [4.69, 9.17) is 4.52 Å². The molecular weight excluding hydrogens is 546 g/mol. The molecule has 1 spiro atoms. The highest BCUT2D eigenvalue weighted by Crippen LogP contribution is 3.09. The summed E-state index contributed by atoms with van der Waals surface area (Å²) in [6, 6.07) is 0. The third kappa shape index (κ3) is 4.72. The van der Waals surface area contributed by atoms with E-state index >= 15 is 0 Å². The summed E-state index contributed by atoms with van der Waals surface area (Å²) in [6.45, 7) is 9.02. The van der Waals surface area contributed by atoms with Gasteiger partial charge in [-0.2, -0.15) is 0 Å². The van der Waals surface area contributed by atoms with Gasteiger partial charge >= 0.3 is 0 Å². The van der Waals surface area contributed by atoms with Gasteiger partial charge in [0.1, 0.15) is 0 Å². The van der Waals surface area contributed by atoms with Crippen LogP contribution in [0, 0.1) is 22.7 Å². The van der Waals surface area contributed by atoms with Gasteiger partial charge in [-0.25, -0.2) is 0 Å². The van der Waals surface area contributed by atoms with Crippen molar-refractivity contribution in [1.29, 1.82) is 0 Å². The minimum atomic E-state index is -0.591. The van der Waals surface area contributed by atoms with Crippen molar-refractivity contribution in [2.24, 2.45) is 22.7 Å². The number of aliphatic hydroxyl groups is 1. The maximum absolute atomic E-state index is 12.2. The van der Waals surface area contributed by atoms with E-state index in [1.165, 1.54) is 5.57 Å². The molecule has 0 aromatic carbocycles. The molecule has 0 radical (unpaired) electrons. The lowest BCUT2D eigenvalue weighted by Gasteiger charge is -2.54. The van der Waals surface area contributed by atoms with Gasteiger partial charge in [0.05, 0.1) is 19.2 Å². The normalized spacial score (nSPS) is 41.5. The Hall–Kier alpha value is 3.96. The fraction of sp³-hybridized carbons (Fsp3) is 0.882. The Morgan fingerprint density at radius 3 is 2.41 bits per heavy atom. The average Bonchev–Trinajstić information content (AvgIpc) is 2.70. The van der Waals surface area contributed by atoms with Crippen molar-refractivity contribution < 1.29 is 9.63 Å². The topological polar surface area (TPSA) is 29.5 Å². The lowest BCUT2D eigenvalue weighted by molar-refractivity contribution is -0.113. The summed E-state index contributed by atoms with van der Waals surface area (Å²) in [7, 11) is 15.7. The van der Waals surface area contributed by atoms with E-state index in [2.05, 4.69) is 78.4 Å². The molecule has 13 atom stereocenters. The molecule has 3 aliphatic carbocycles. The van der Waals surface area contributed by atoms with Crippen LogP contribution in [0.5, 0.6) is 0 Å². The highest BCUT2D eigenvalue weighted by molar-refractivity contribution is 9.10. The molecular formula is C17H38O2P10. The van der Waals surface area contributed by atoms with Gasteiger partial charge in [-0.3, -0.25) is 0 Å². The number of hydrogen-bond donors (Lipinski definition) is 1. The molecule has 11 unspecified atom stereocenters. The molecule has 0 aromatic rings. The van der Waals surface area contributed by atoms with Crippen molar-refractivity contribution in [3.63, 3.8) is 0 Å². The molecule has 3 aliphatic rings. The van der Waals surface area contributed by atoms with Gasteiger partial charge in [0.2, 0.25) is 0 Å². The summed E-state index contributed by atoms with van der Waals surface area (Å²) in [5.74, 6) is 0.875. The highest BCUT2D eigenvalue weighted by Gasteiger charge is 2.70. The molecule has 0 aliphatic heterocycles. The van der Waals surface area contributed by atoms with E-state index < -0.39 is 13.1 Å². The number of allylic oxidation sites excluding steroid dienone is 1. The van der Waals surface area contributed by atoms with E-state index in [0.717, 1.165) is 40.1 Å². The van der Waals surface area contributed by atoms with Crippen molar-refractivity contribution in [3.8, 4) is 0 Å². The van der Waals surface area contributed by atoms with Gasteiger partial charge < -0.3 is 9.63 Å². The summed E-state index contributed by atoms with van der Waals surface area (Å²) in [4.78, 5) is 0. The molecule has 29 heavy (non-hydrogen) atoms. The first-order valence-corrected chi connectivity index (χ1v) is 27.7. The van der Waals surface area contributed by atoms with E-state index in [1.807, 2.05) is 0 Å². The Kier molecular flexibility index (Phi) is 9.99. The van der Waals surface area contributed by atoms with E-state index in [-0.39, 0.29) is 43.8 Å². The molecule has 0 saturated heterocycles. The quantitative estimate of drug-likeness (QED) is 0.249. The van der Waals surface area contributed by atoms with Crippen LogP contribution in [0.15, 0.2) is 11.6 Å². The Balaban J connectivity index is 1.90. The van der Waals surface area contributed by atoms with Crippen LogP contribution in [-0.2, 0) is 4.52 Å². The molecule has 1 N–H and O–H groups in total. The summed E-state index contributed by atoms with van der Waals surface area (Å²) < 4.78 is 7.00. The first-order valence-electron chi connectivity index (χ1n) is 10.1. The number of fused-ring (bicyclic) bond motifs is 1. The van der Waals surface area contributed by atoms with Crippen LogP contribution in [0.2, 0.25) is 0 Å². The van der Waals surface area contributed by atoms with Crippen LogP contribution in [0.3, 0.4) is 0 Å². The number of hydrogen-bond acceptors (Lipinski definition) is 2. The fourth-order valence-corrected chi connectivity index (χ4v) is 72.8. The predicted octanol–water partition coefficient (Wildman–Crippen LogP) is 9.44. The summed E-state index contributed by atoms with van der Waals surface area (Å²) in [5.41, 5.74) is 0.925. The van der Waals surface area contributed by atoms with E-state index in [9.17, 15) is 5.11 Å². The predicted molar refractivity (Wildman–Crippen MR) is 160 cm³/mol. The third-order valence-electron chi connectivity index (χ3n) is 8.01. The van der Waals surface area contributed by atoms with Gasteiger partial charge in [-0.1, -0.05) is 40.4 Å². The largest absolute Gasteiger partial charge is 0.389 e. The van der Waals surface area contributed by atoms with Crippen LogP contribution < -0.4 is 0 Å². The van der Waals surface area contributed by atoms with Crippen LogP contribution in [0.25, 0.3) is 0 Å². The zero-order valence-corrected chi connectivity index (χ0v) is 28.2. The second kappa shape index (κ2) is 10.5. The SMILES string of the molecule is CC1=CCC2C[C@]3(O)C(C)C[C@@H](OP(P(P)P)P(PP)P(P)P)CCC13C2(C)C. The third-order valence-corrected chi connectivity index (χ3v) is 55.3. The Morgan fingerprint density at radius 1 is 1.21 bits per heavy atom. The zero-order chi connectivity index (χ0) is 21.8. The van der Waals surface area contributed by atoms with Gasteiger partial charge in [0.15, 0.2) is 0 Å². The van der Waals surface area contributed by atoms with Crippen LogP contribution in [0.4, 0.5) is 0 Å². The lowest BCUT2D eigenvalue weighted by Crippen LogP contribution is -2.54. The summed E-state index contributed by atoms with van der Waals surface area (Å²) in [5, 5.41) is 12.2. The molecule has 2 fully saturated rings. The van der Waals surface area contributed by atoms with Gasteiger partial charge in [-0.05, 0) is 70.3 Å². The van der Waals surface area contributed by atoms with Crippen molar-refractivity contribution in [2.45, 2.75) is 71.5 Å². The summed E-state index contributed by atoms with van der Waals surface area (Å²) >= 11 is 0. The van der Waals surface area contributed by atoms with Crippen molar-refractivity contribution in [1.82, 2.24) is 0 Å². The Bertz CT molecular complexity index is 644. The van der Waals surface area contributed by atoms with Crippen LogP contribution in [0.1, 0.15) is 59.8 Å². The minimum absolute atomic E-state index is 0.0865. The molecule has 168 valence electrons. The molecule has 0 heterocycles. The van der Waals surface area contributed by atoms with Gasteiger partial charge in [0.25, 0.3) is 0 Å². The molecule has 0 aromatic heterocycles.